The number of aliphatic hydroxyl groups is 1. The molecule has 1 aliphatic rings. The van der Waals surface area contributed by atoms with Crippen molar-refractivity contribution in [2.45, 2.75) is 38.3 Å². The summed E-state index contributed by atoms with van der Waals surface area (Å²) in [6.45, 7) is 1.57. The van der Waals surface area contributed by atoms with Crippen molar-refractivity contribution in [1.82, 2.24) is 20.7 Å². The third kappa shape index (κ3) is 3.91. The number of aliphatic hydroxyl groups excluding tert-OH is 1. The fraction of sp³-hybridized carbons (Fsp3) is 0.412. The smallest absolute Gasteiger partial charge is 0.290 e. The van der Waals surface area contributed by atoms with E-state index in [4.69, 9.17) is 8.94 Å². The molecule has 0 saturated heterocycles. The summed E-state index contributed by atoms with van der Waals surface area (Å²) in [5, 5.41) is 23.5. The summed E-state index contributed by atoms with van der Waals surface area (Å²) in [7, 11) is 0. The van der Waals surface area contributed by atoms with E-state index in [0.29, 0.717) is 28.8 Å². The highest BCUT2D eigenvalue weighted by Crippen LogP contribution is 2.31. The highest BCUT2D eigenvalue weighted by molar-refractivity contribution is 7.13. The molecule has 1 aliphatic carbocycles. The normalized spacial score (nSPS) is 20.3. The molecule has 8 nitrogen and oxygen atoms in total. The fourth-order valence-electron chi connectivity index (χ4n) is 2.99. The summed E-state index contributed by atoms with van der Waals surface area (Å²) in [6, 6.07) is 4.48. The third-order valence-electron chi connectivity index (χ3n) is 4.43. The van der Waals surface area contributed by atoms with E-state index in [-0.39, 0.29) is 28.7 Å². The Hall–Kier alpha value is -2.59. The van der Waals surface area contributed by atoms with Crippen molar-refractivity contribution in [3.63, 3.8) is 0 Å². The topological polar surface area (TPSA) is 114 Å². The molecule has 142 valence electrons. The maximum absolute atomic E-state index is 13.1. The van der Waals surface area contributed by atoms with Crippen LogP contribution in [-0.4, -0.2) is 32.4 Å². The van der Waals surface area contributed by atoms with Gasteiger partial charge < -0.3 is 19.4 Å². The number of hydrogen-bond acceptors (Lipinski definition) is 8. The predicted molar refractivity (Wildman–Crippen MR) is 92.4 cm³/mol. The van der Waals surface area contributed by atoms with Gasteiger partial charge in [-0.2, -0.15) is 4.39 Å². The van der Waals surface area contributed by atoms with Crippen LogP contribution < -0.4 is 5.32 Å². The van der Waals surface area contributed by atoms with E-state index in [0.717, 1.165) is 24.2 Å². The molecule has 3 heterocycles. The van der Waals surface area contributed by atoms with Gasteiger partial charge in [0, 0.05) is 18.5 Å². The minimum atomic E-state index is -0.780. The molecule has 1 fully saturated rings. The van der Waals surface area contributed by atoms with Crippen molar-refractivity contribution in [1.29, 1.82) is 0 Å². The van der Waals surface area contributed by atoms with Crippen molar-refractivity contribution in [2.75, 3.05) is 0 Å². The molecule has 3 aromatic heterocycles. The van der Waals surface area contributed by atoms with E-state index in [1.165, 1.54) is 12.1 Å². The minimum absolute atomic E-state index is 0.0365. The Morgan fingerprint density at radius 3 is 2.93 bits per heavy atom. The van der Waals surface area contributed by atoms with Crippen LogP contribution in [0.15, 0.2) is 27.1 Å². The van der Waals surface area contributed by atoms with Gasteiger partial charge in [-0.15, -0.1) is 21.5 Å². The zero-order valence-electron chi connectivity index (χ0n) is 14.4. The molecule has 1 atom stereocenters. The van der Waals surface area contributed by atoms with Gasteiger partial charge in [0.05, 0.1) is 4.88 Å². The second kappa shape index (κ2) is 7.20. The van der Waals surface area contributed by atoms with Crippen molar-refractivity contribution in [3.8, 4) is 10.6 Å². The lowest BCUT2D eigenvalue weighted by molar-refractivity contribution is 0.0848. The average Bonchev–Trinajstić information content (AvgIpc) is 3.32. The van der Waals surface area contributed by atoms with E-state index in [1.54, 1.807) is 13.0 Å². The van der Waals surface area contributed by atoms with Gasteiger partial charge >= 0.3 is 0 Å². The molecule has 27 heavy (non-hydrogen) atoms. The van der Waals surface area contributed by atoms with E-state index in [9.17, 15) is 14.3 Å². The summed E-state index contributed by atoms with van der Waals surface area (Å²) >= 11 is 0.944. The third-order valence-corrected chi connectivity index (χ3v) is 5.33. The first-order chi connectivity index (χ1) is 13.0. The highest BCUT2D eigenvalue weighted by atomic mass is 32.1. The van der Waals surface area contributed by atoms with Crippen molar-refractivity contribution in [2.24, 2.45) is 5.92 Å². The first-order valence-electron chi connectivity index (χ1n) is 8.51. The van der Waals surface area contributed by atoms with Crippen LogP contribution in [0.3, 0.4) is 0 Å². The second-order valence-electron chi connectivity index (χ2n) is 6.60. The van der Waals surface area contributed by atoms with Gasteiger partial charge in [-0.05, 0) is 37.8 Å². The summed E-state index contributed by atoms with van der Waals surface area (Å²) in [5.74, 6) is 0.783. The van der Waals surface area contributed by atoms with Crippen LogP contribution in [0.1, 0.15) is 48.2 Å². The van der Waals surface area contributed by atoms with Crippen molar-refractivity contribution < 1.29 is 23.2 Å². The zero-order chi connectivity index (χ0) is 19.0. The molecule has 1 saturated carbocycles. The molecule has 0 radical (unpaired) electrons. The van der Waals surface area contributed by atoms with Crippen LogP contribution in [-0.2, 0) is 6.42 Å². The largest absolute Gasteiger partial charge is 0.422 e. The second-order valence-corrected chi connectivity index (χ2v) is 7.64. The highest BCUT2D eigenvalue weighted by Gasteiger charge is 2.32. The number of carbonyl (C=O) groups is 1. The number of halogens is 1. The molecule has 0 spiro atoms. The monoisotopic (exact) mass is 392 g/mol. The first-order valence-corrected chi connectivity index (χ1v) is 9.33. The molecule has 2 N–H and O–H groups in total. The van der Waals surface area contributed by atoms with E-state index in [1.807, 2.05) is 0 Å². The van der Waals surface area contributed by atoms with Crippen molar-refractivity contribution >= 4 is 17.2 Å². The van der Waals surface area contributed by atoms with Crippen LogP contribution in [0.2, 0.25) is 0 Å². The van der Waals surface area contributed by atoms with Gasteiger partial charge in [0.15, 0.2) is 5.13 Å². The van der Waals surface area contributed by atoms with E-state index < -0.39 is 6.10 Å². The van der Waals surface area contributed by atoms with E-state index in [2.05, 4.69) is 20.7 Å². The number of hydrogen-bond donors (Lipinski definition) is 2. The van der Waals surface area contributed by atoms with Crippen LogP contribution in [0.5, 0.6) is 0 Å². The van der Waals surface area contributed by atoms with Crippen LogP contribution in [0.25, 0.3) is 10.6 Å². The molecule has 0 aromatic carbocycles. The summed E-state index contributed by atoms with van der Waals surface area (Å²) in [6.07, 6.45) is 1.41. The lowest BCUT2D eigenvalue weighted by atomic mass is 9.78. The molecule has 0 bridgehead atoms. The predicted octanol–water partition coefficient (Wildman–Crippen LogP) is 2.73. The lowest BCUT2D eigenvalue weighted by Gasteiger charge is -2.34. The zero-order valence-corrected chi connectivity index (χ0v) is 15.2. The van der Waals surface area contributed by atoms with Crippen molar-refractivity contribution in [3.05, 3.63) is 40.9 Å². The van der Waals surface area contributed by atoms with Crippen LogP contribution >= 0.6 is 11.3 Å². The Morgan fingerprint density at radius 1 is 1.44 bits per heavy atom. The summed E-state index contributed by atoms with van der Waals surface area (Å²) < 4.78 is 23.5. The SMILES string of the molecule is C[C@@H](O)c1nnc(C[C@H]2C[C@@H](NC(=O)c3cc(-c4ccc(F)s4)no3)C2)o1. The first kappa shape index (κ1) is 17.8. The van der Waals surface area contributed by atoms with Gasteiger partial charge in [-0.1, -0.05) is 5.16 Å². The van der Waals surface area contributed by atoms with E-state index >= 15 is 0 Å². The van der Waals surface area contributed by atoms with Crippen LogP contribution in [0, 0.1) is 11.0 Å². The average molecular weight is 392 g/mol. The van der Waals surface area contributed by atoms with Gasteiger partial charge in [0.25, 0.3) is 5.91 Å². The Bertz CT molecular complexity index is 944. The molecule has 1 amide bonds. The van der Waals surface area contributed by atoms with Gasteiger partial charge in [0.1, 0.15) is 11.8 Å². The quantitative estimate of drug-likeness (QED) is 0.663. The number of nitrogens with one attached hydrogen (secondary N) is 1. The number of nitrogens with zero attached hydrogens (tertiary/aromatic N) is 3. The molecule has 3 aromatic rings. The number of aromatic nitrogens is 3. The maximum atomic E-state index is 13.1. The standard InChI is InChI=1S/C17H17FN4O4S/c1-8(23)17-21-20-15(25-17)6-9-4-10(5-9)19-16(24)12-7-11(22-26-12)13-2-3-14(18)27-13/h2-3,7-10,23H,4-6H2,1H3,(H,19,24)/t8-,9-,10+/m1/s1. The molecule has 4 rings (SSSR count). The number of thiophene rings is 1. The molecular weight excluding hydrogens is 375 g/mol. The van der Waals surface area contributed by atoms with Gasteiger partial charge in [-0.3, -0.25) is 4.79 Å². The molecule has 0 aliphatic heterocycles. The van der Waals surface area contributed by atoms with Gasteiger partial charge in [0.2, 0.25) is 17.5 Å². The Labute approximate surface area is 157 Å². The van der Waals surface area contributed by atoms with Gasteiger partial charge in [-0.25, -0.2) is 0 Å². The molecule has 0 unspecified atom stereocenters. The number of amides is 1. The fourth-order valence-corrected chi connectivity index (χ4v) is 3.67. The summed E-state index contributed by atoms with van der Waals surface area (Å²) in [5.41, 5.74) is 0.436. The summed E-state index contributed by atoms with van der Waals surface area (Å²) in [4.78, 5) is 12.9. The number of rotatable bonds is 6. The molecule has 10 heteroatoms. The van der Waals surface area contributed by atoms with Crippen LogP contribution in [0.4, 0.5) is 4.39 Å². The Morgan fingerprint density at radius 2 is 2.26 bits per heavy atom. The maximum Gasteiger partial charge on any atom is 0.290 e. The lowest BCUT2D eigenvalue weighted by Crippen LogP contribution is -2.44. The molecular formula is C17H17FN4O4S. The Balaban J connectivity index is 1.27. The minimum Gasteiger partial charge on any atom is -0.422 e. The Kier molecular flexibility index (Phi) is 4.75. The number of carbonyl (C=O) groups excluding carboxylic acids is 1.